The molecule has 0 heterocycles. The second-order valence-electron chi connectivity index (χ2n) is 4.17. The second kappa shape index (κ2) is 13.6. The smallest absolute Gasteiger partial charge is 0.367 e. The van der Waals surface area contributed by atoms with Gasteiger partial charge in [0.25, 0.3) is 0 Å². The van der Waals surface area contributed by atoms with E-state index in [-0.39, 0.29) is 5.30 Å². The molecule has 0 amide bonds. The molecule has 0 rings (SSSR count). The van der Waals surface area contributed by atoms with E-state index in [1.54, 1.807) is 6.08 Å². The van der Waals surface area contributed by atoms with Gasteiger partial charge < -0.3 is 4.74 Å². The monoisotopic (exact) mass is 258 g/mol. The molecule has 0 aliphatic rings. The molecule has 0 aliphatic carbocycles. The Morgan fingerprint density at radius 1 is 1.12 bits per heavy atom. The Morgan fingerprint density at radius 2 is 1.71 bits per heavy atom. The van der Waals surface area contributed by atoms with Crippen LogP contribution in [0.1, 0.15) is 58.3 Å². The van der Waals surface area contributed by atoms with E-state index in [0.717, 1.165) is 12.2 Å². The molecule has 0 saturated heterocycles. The van der Waals surface area contributed by atoms with Crippen LogP contribution in [0.2, 0.25) is 0 Å². The summed E-state index contributed by atoms with van der Waals surface area (Å²) in [4.78, 5) is 11.1. The predicted molar refractivity (Wildman–Crippen MR) is 76.6 cm³/mol. The molecule has 17 heavy (non-hydrogen) atoms. The lowest BCUT2D eigenvalue weighted by Crippen LogP contribution is -1.98. The van der Waals surface area contributed by atoms with Crippen molar-refractivity contribution in [1.29, 1.82) is 0 Å². The first-order chi connectivity index (χ1) is 8.31. The SMILES string of the molecule is C=CCOC(=O)SCCCCCCCCCC. The van der Waals surface area contributed by atoms with Crippen molar-refractivity contribution in [2.75, 3.05) is 12.4 Å². The van der Waals surface area contributed by atoms with Crippen molar-refractivity contribution in [3.63, 3.8) is 0 Å². The first-order valence-electron chi connectivity index (χ1n) is 6.71. The zero-order valence-corrected chi connectivity index (χ0v) is 11.9. The molecule has 2 nitrogen and oxygen atoms in total. The van der Waals surface area contributed by atoms with Crippen molar-refractivity contribution in [1.82, 2.24) is 0 Å². The summed E-state index contributed by atoms with van der Waals surface area (Å²) in [6.45, 7) is 6.06. The summed E-state index contributed by atoms with van der Waals surface area (Å²) in [5, 5.41) is -0.173. The van der Waals surface area contributed by atoms with Gasteiger partial charge in [-0.05, 0) is 18.2 Å². The van der Waals surface area contributed by atoms with Crippen LogP contribution in [0.4, 0.5) is 4.79 Å². The number of unbranched alkanes of at least 4 members (excludes halogenated alkanes) is 7. The second-order valence-corrected chi connectivity index (χ2v) is 5.20. The van der Waals surface area contributed by atoms with Crippen molar-refractivity contribution in [2.24, 2.45) is 0 Å². The highest BCUT2D eigenvalue weighted by atomic mass is 32.2. The summed E-state index contributed by atoms with van der Waals surface area (Å²) in [6, 6.07) is 0. The van der Waals surface area contributed by atoms with Crippen LogP contribution in [0.3, 0.4) is 0 Å². The average Bonchev–Trinajstić information content (AvgIpc) is 2.34. The topological polar surface area (TPSA) is 26.3 Å². The van der Waals surface area contributed by atoms with Crippen LogP contribution in [0, 0.1) is 0 Å². The normalized spacial score (nSPS) is 10.2. The zero-order valence-electron chi connectivity index (χ0n) is 11.1. The first kappa shape index (κ1) is 16.6. The third-order valence-corrected chi connectivity index (χ3v) is 3.38. The Hall–Kier alpha value is -0.440. The quantitative estimate of drug-likeness (QED) is 0.290. The van der Waals surface area contributed by atoms with E-state index >= 15 is 0 Å². The summed E-state index contributed by atoms with van der Waals surface area (Å²) < 4.78 is 4.87. The van der Waals surface area contributed by atoms with Crippen LogP contribution in [0.15, 0.2) is 12.7 Å². The number of carbonyl (C=O) groups excluding carboxylic acids is 1. The molecule has 0 atom stereocenters. The van der Waals surface area contributed by atoms with Gasteiger partial charge in [0.15, 0.2) is 0 Å². The van der Waals surface area contributed by atoms with Crippen LogP contribution >= 0.6 is 11.8 Å². The van der Waals surface area contributed by atoms with Crippen LogP contribution in [-0.4, -0.2) is 17.7 Å². The lowest BCUT2D eigenvalue weighted by atomic mass is 10.1. The van der Waals surface area contributed by atoms with Gasteiger partial charge in [-0.2, -0.15) is 0 Å². The highest BCUT2D eigenvalue weighted by molar-refractivity contribution is 8.13. The molecule has 0 aromatic carbocycles. The van der Waals surface area contributed by atoms with E-state index in [0.29, 0.717) is 6.61 Å². The Balaban J connectivity index is 3.07. The molecule has 0 saturated carbocycles. The van der Waals surface area contributed by atoms with Crippen LogP contribution in [0.5, 0.6) is 0 Å². The van der Waals surface area contributed by atoms with Crippen LogP contribution in [0.25, 0.3) is 0 Å². The molecule has 0 aromatic rings. The van der Waals surface area contributed by atoms with Crippen molar-refractivity contribution in [2.45, 2.75) is 58.3 Å². The number of ether oxygens (including phenoxy) is 1. The number of carbonyl (C=O) groups is 1. The van der Waals surface area contributed by atoms with Gasteiger partial charge in [0.1, 0.15) is 6.61 Å². The summed E-state index contributed by atoms with van der Waals surface area (Å²) in [5.41, 5.74) is 0. The average molecular weight is 258 g/mol. The Kier molecular flexibility index (Phi) is 13.3. The number of rotatable bonds is 11. The molecular formula is C14H26O2S. The lowest BCUT2D eigenvalue weighted by molar-refractivity contribution is 0.188. The molecule has 0 radical (unpaired) electrons. The standard InChI is InChI=1S/C14H26O2S/c1-3-5-6-7-8-9-10-11-13-17-14(15)16-12-4-2/h4H,2-3,5-13H2,1H3. The van der Waals surface area contributed by atoms with Crippen molar-refractivity contribution in [3.05, 3.63) is 12.7 Å². The highest BCUT2D eigenvalue weighted by Crippen LogP contribution is 2.12. The molecule has 0 N–H and O–H groups in total. The Morgan fingerprint density at radius 3 is 2.29 bits per heavy atom. The first-order valence-corrected chi connectivity index (χ1v) is 7.70. The maximum atomic E-state index is 11.1. The van der Waals surface area contributed by atoms with Crippen molar-refractivity contribution >= 4 is 17.1 Å². The lowest BCUT2D eigenvalue weighted by Gasteiger charge is -2.02. The van der Waals surface area contributed by atoms with E-state index in [2.05, 4.69) is 13.5 Å². The summed E-state index contributed by atoms with van der Waals surface area (Å²) in [6.07, 6.45) is 12.0. The molecule has 0 aliphatic heterocycles. The maximum absolute atomic E-state index is 11.1. The van der Waals surface area contributed by atoms with Crippen LogP contribution < -0.4 is 0 Å². The van der Waals surface area contributed by atoms with Crippen LogP contribution in [-0.2, 0) is 4.74 Å². The molecule has 100 valence electrons. The third kappa shape index (κ3) is 13.5. The summed E-state index contributed by atoms with van der Waals surface area (Å²) in [7, 11) is 0. The van der Waals surface area contributed by atoms with E-state index < -0.39 is 0 Å². The molecular weight excluding hydrogens is 232 g/mol. The summed E-state index contributed by atoms with van der Waals surface area (Å²) >= 11 is 1.28. The number of hydrogen-bond acceptors (Lipinski definition) is 3. The molecule has 3 heteroatoms. The van der Waals surface area contributed by atoms with Gasteiger partial charge in [-0.1, -0.05) is 64.5 Å². The van der Waals surface area contributed by atoms with Crippen molar-refractivity contribution < 1.29 is 9.53 Å². The zero-order chi connectivity index (χ0) is 12.8. The van der Waals surface area contributed by atoms with Gasteiger partial charge >= 0.3 is 5.30 Å². The fourth-order valence-corrected chi connectivity index (χ4v) is 2.23. The fraction of sp³-hybridized carbons (Fsp3) is 0.786. The molecule has 0 aromatic heterocycles. The van der Waals surface area contributed by atoms with Gasteiger partial charge in [-0.3, -0.25) is 0 Å². The van der Waals surface area contributed by atoms with Gasteiger partial charge in [-0.25, -0.2) is 4.79 Å². The minimum Gasteiger partial charge on any atom is -0.453 e. The third-order valence-electron chi connectivity index (χ3n) is 2.54. The van der Waals surface area contributed by atoms with Gasteiger partial charge in [-0.15, -0.1) is 0 Å². The van der Waals surface area contributed by atoms with E-state index in [4.69, 9.17) is 4.74 Å². The predicted octanol–water partition coefficient (Wildman–Crippen LogP) is 5.18. The van der Waals surface area contributed by atoms with E-state index in [1.165, 1.54) is 56.7 Å². The van der Waals surface area contributed by atoms with Crippen molar-refractivity contribution in [3.8, 4) is 0 Å². The molecule has 0 spiro atoms. The largest absolute Gasteiger partial charge is 0.453 e. The van der Waals surface area contributed by atoms with Gasteiger partial charge in [0.2, 0.25) is 0 Å². The number of thioether (sulfide) groups is 1. The maximum Gasteiger partial charge on any atom is 0.367 e. The van der Waals surface area contributed by atoms with E-state index in [9.17, 15) is 4.79 Å². The molecule has 0 fully saturated rings. The highest BCUT2D eigenvalue weighted by Gasteiger charge is 2.01. The Bertz CT molecular complexity index is 193. The van der Waals surface area contributed by atoms with Gasteiger partial charge in [0, 0.05) is 5.75 Å². The summed E-state index contributed by atoms with van der Waals surface area (Å²) in [5.74, 6) is 0.880. The number of hydrogen-bond donors (Lipinski definition) is 0. The minimum absolute atomic E-state index is 0.173. The van der Waals surface area contributed by atoms with E-state index in [1.807, 2.05) is 0 Å². The fourth-order valence-electron chi connectivity index (χ4n) is 1.56. The Labute approximate surface area is 110 Å². The molecule has 0 unspecified atom stereocenters. The molecule has 0 bridgehead atoms. The van der Waals surface area contributed by atoms with Gasteiger partial charge in [0.05, 0.1) is 0 Å². The minimum atomic E-state index is -0.173.